The third-order valence-electron chi connectivity index (χ3n) is 3.52. The van der Waals surface area contributed by atoms with E-state index in [4.69, 9.17) is 0 Å². The number of Topliss-reactive ketones (excluding diaryl/α,β-unsaturated/α-hetero) is 1. The Hall–Kier alpha value is -0.380. The number of imidazole rings is 1. The van der Waals surface area contributed by atoms with Crippen LogP contribution in [0, 0.1) is 5.92 Å². The molecule has 0 saturated heterocycles. The second kappa shape index (κ2) is 4.32. The number of rotatable bonds is 0. The standard InChI is InChI=1S/C12H10I2N2O2/c1-6-2-3-7-4-9-10(5-8(7)11(6)17)16(14)12(18)15(9)13/h4-6H,2-3H2,1H3. The minimum absolute atomic E-state index is 0.0750. The zero-order valence-electron chi connectivity index (χ0n) is 9.61. The van der Waals surface area contributed by atoms with E-state index in [2.05, 4.69) is 0 Å². The number of aryl methyl sites for hydroxylation is 1. The maximum Gasteiger partial charge on any atom is 0.347 e. The van der Waals surface area contributed by atoms with Crippen LogP contribution in [0.15, 0.2) is 16.9 Å². The van der Waals surface area contributed by atoms with Gasteiger partial charge in [0.25, 0.3) is 0 Å². The molecule has 1 heterocycles. The summed E-state index contributed by atoms with van der Waals surface area (Å²) in [6, 6.07) is 3.85. The Bertz CT molecular complexity index is 730. The molecule has 3 rings (SSSR count). The zero-order valence-corrected chi connectivity index (χ0v) is 13.9. The van der Waals surface area contributed by atoms with Crippen molar-refractivity contribution in [3.63, 3.8) is 0 Å². The van der Waals surface area contributed by atoms with Gasteiger partial charge in [-0.05, 0) is 30.5 Å². The van der Waals surface area contributed by atoms with Crippen molar-refractivity contribution in [2.24, 2.45) is 5.92 Å². The molecule has 0 bridgehead atoms. The van der Waals surface area contributed by atoms with Crippen molar-refractivity contribution in [1.29, 1.82) is 0 Å². The minimum atomic E-state index is -0.0750. The van der Waals surface area contributed by atoms with Gasteiger partial charge in [0.05, 0.1) is 56.8 Å². The van der Waals surface area contributed by atoms with E-state index in [-0.39, 0.29) is 17.4 Å². The fourth-order valence-electron chi connectivity index (χ4n) is 2.42. The third kappa shape index (κ3) is 1.68. The van der Waals surface area contributed by atoms with Gasteiger partial charge in [-0.1, -0.05) is 6.92 Å². The summed E-state index contributed by atoms with van der Waals surface area (Å²) in [5.41, 5.74) is 3.48. The van der Waals surface area contributed by atoms with E-state index in [9.17, 15) is 9.59 Å². The van der Waals surface area contributed by atoms with Gasteiger partial charge < -0.3 is 0 Å². The Morgan fingerprint density at radius 2 is 1.78 bits per heavy atom. The molecule has 0 amide bonds. The Morgan fingerprint density at radius 3 is 2.44 bits per heavy atom. The van der Waals surface area contributed by atoms with Crippen LogP contribution in [0.4, 0.5) is 0 Å². The van der Waals surface area contributed by atoms with Crippen LogP contribution in [0.5, 0.6) is 0 Å². The van der Waals surface area contributed by atoms with Crippen LogP contribution in [-0.2, 0) is 6.42 Å². The summed E-state index contributed by atoms with van der Waals surface area (Å²) in [4.78, 5) is 24.0. The summed E-state index contributed by atoms with van der Waals surface area (Å²) < 4.78 is 3.16. The molecular weight excluding hydrogens is 458 g/mol. The lowest BCUT2D eigenvalue weighted by molar-refractivity contribution is 0.0914. The van der Waals surface area contributed by atoms with E-state index < -0.39 is 0 Å². The maximum atomic E-state index is 12.2. The number of benzene rings is 1. The molecule has 0 radical (unpaired) electrons. The minimum Gasteiger partial charge on any atom is -0.294 e. The maximum absolute atomic E-state index is 12.2. The van der Waals surface area contributed by atoms with Gasteiger partial charge >= 0.3 is 5.69 Å². The van der Waals surface area contributed by atoms with E-state index in [1.807, 2.05) is 64.8 Å². The lowest BCUT2D eigenvalue weighted by atomic mass is 9.83. The van der Waals surface area contributed by atoms with E-state index in [1.165, 1.54) is 0 Å². The van der Waals surface area contributed by atoms with Gasteiger partial charge in [-0.2, -0.15) is 0 Å². The highest BCUT2D eigenvalue weighted by molar-refractivity contribution is 14.1. The van der Waals surface area contributed by atoms with Gasteiger partial charge in [0.15, 0.2) is 5.78 Å². The van der Waals surface area contributed by atoms with Crippen LogP contribution in [0.2, 0.25) is 0 Å². The zero-order chi connectivity index (χ0) is 13.0. The summed E-state index contributed by atoms with van der Waals surface area (Å²) in [6.45, 7) is 1.97. The van der Waals surface area contributed by atoms with Crippen molar-refractivity contribution < 1.29 is 4.79 Å². The molecule has 1 aliphatic carbocycles. The summed E-state index contributed by atoms with van der Waals surface area (Å²) in [6.07, 6.45) is 1.81. The molecule has 0 saturated carbocycles. The van der Waals surface area contributed by atoms with E-state index >= 15 is 0 Å². The highest BCUT2D eigenvalue weighted by Crippen LogP contribution is 2.30. The van der Waals surface area contributed by atoms with Crippen LogP contribution >= 0.6 is 45.7 Å². The second-order valence-corrected chi connectivity index (χ2v) is 6.58. The van der Waals surface area contributed by atoms with Gasteiger partial charge in [-0.3, -0.25) is 4.79 Å². The van der Waals surface area contributed by atoms with Crippen molar-refractivity contribution in [2.45, 2.75) is 19.8 Å². The van der Waals surface area contributed by atoms with Crippen molar-refractivity contribution in [2.75, 3.05) is 0 Å². The highest BCUT2D eigenvalue weighted by Gasteiger charge is 2.25. The van der Waals surface area contributed by atoms with Crippen molar-refractivity contribution in [1.82, 2.24) is 5.56 Å². The van der Waals surface area contributed by atoms with E-state index in [0.29, 0.717) is 0 Å². The van der Waals surface area contributed by atoms with Crippen LogP contribution in [0.1, 0.15) is 29.3 Å². The average Bonchev–Trinajstić information content (AvgIpc) is 2.58. The number of ketones is 1. The molecule has 4 nitrogen and oxygen atoms in total. The number of carbonyl (C=O) groups excluding carboxylic acids is 1. The average molecular weight is 468 g/mol. The van der Waals surface area contributed by atoms with Gasteiger partial charge in [-0.15, -0.1) is 0 Å². The lowest BCUT2D eigenvalue weighted by Crippen LogP contribution is -2.19. The summed E-state index contributed by atoms with van der Waals surface area (Å²) in [5, 5.41) is 0. The Labute approximate surface area is 131 Å². The molecule has 1 unspecified atom stereocenters. The van der Waals surface area contributed by atoms with Crippen LogP contribution < -0.4 is 5.69 Å². The van der Waals surface area contributed by atoms with Crippen LogP contribution in [-0.4, -0.2) is 11.3 Å². The fourth-order valence-corrected chi connectivity index (χ4v) is 4.04. The Balaban J connectivity index is 2.38. The number of halogens is 2. The summed E-state index contributed by atoms with van der Waals surface area (Å²) in [7, 11) is 0. The molecule has 1 aromatic carbocycles. The molecule has 0 aliphatic heterocycles. The number of fused-ring (bicyclic) bond motifs is 2. The molecular formula is C12H10I2N2O2. The summed E-state index contributed by atoms with van der Waals surface area (Å²) in [5.74, 6) is 0.286. The molecule has 0 fully saturated rings. The molecule has 18 heavy (non-hydrogen) atoms. The van der Waals surface area contributed by atoms with Crippen molar-refractivity contribution >= 4 is 62.5 Å². The van der Waals surface area contributed by atoms with Crippen molar-refractivity contribution in [3.05, 3.63) is 33.7 Å². The first kappa shape index (κ1) is 12.6. The number of carbonyl (C=O) groups is 1. The predicted octanol–water partition coefficient (Wildman–Crippen LogP) is 2.96. The van der Waals surface area contributed by atoms with E-state index in [1.54, 1.807) is 5.56 Å². The Kier molecular flexibility index (Phi) is 3.04. The number of hydrogen-bond donors (Lipinski definition) is 0. The smallest absolute Gasteiger partial charge is 0.294 e. The topological polar surface area (TPSA) is 44.0 Å². The van der Waals surface area contributed by atoms with Gasteiger partial charge in [0.1, 0.15) is 0 Å². The number of hydrogen-bond acceptors (Lipinski definition) is 2. The number of aromatic nitrogens is 2. The summed E-state index contributed by atoms with van der Waals surface area (Å²) >= 11 is 3.98. The normalized spacial score (nSPS) is 19.3. The Morgan fingerprint density at radius 1 is 1.17 bits per heavy atom. The van der Waals surface area contributed by atoms with Crippen LogP contribution in [0.25, 0.3) is 11.0 Å². The molecule has 1 aliphatic rings. The first-order valence-corrected chi connectivity index (χ1v) is 7.60. The molecule has 0 N–H and O–H groups in total. The SMILES string of the molecule is CC1CCc2cc3c(cc2C1=O)n(I)c(=O)n3I. The number of nitrogens with zero attached hydrogens (tertiary/aromatic N) is 2. The van der Waals surface area contributed by atoms with E-state index in [0.717, 1.165) is 35.0 Å². The molecule has 1 atom stereocenters. The highest BCUT2D eigenvalue weighted by atomic mass is 127. The van der Waals surface area contributed by atoms with Crippen LogP contribution in [0.3, 0.4) is 0 Å². The fraction of sp³-hybridized carbons (Fsp3) is 0.333. The molecule has 6 heteroatoms. The van der Waals surface area contributed by atoms with Crippen molar-refractivity contribution in [3.8, 4) is 0 Å². The molecule has 94 valence electrons. The predicted molar refractivity (Wildman–Crippen MR) is 86.8 cm³/mol. The lowest BCUT2D eigenvalue weighted by Gasteiger charge is -2.20. The van der Waals surface area contributed by atoms with Gasteiger partial charge in [0, 0.05) is 11.5 Å². The first-order valence-electron chi connectivity index (χ1n) is 5.67. The molecule has 2 aromatic rings. The quantitative estimate of drug-likeness (QED) is 0.559. The van der Waals surface area contributed by atoms with Gasteiger partial charge in [0.2, 0.25) is 0 Å². The second-order valence-electron chi connectivity index (χ2n) is 4.65. The molecule has 1 aromatic heterocycles. The monoisotopic (exact) mass is 468 g/mol. The largest absolute Gasteiger partial charge is 0.347 e. The first-order chi connectivity index (χ1) is 8.50. The molecule has 0 spiro atoms. The third-order valence-corrected chi connectivity index (χ3v) is 5.38. The van der Waals surface area contributed by atoms with Gasteiger partial charge in [-0.25, -0.2) is 10.4 Å².